The SMILES string of the molecule is Cc1c(C)c(C)c2[cH-]c(C(C)C)cc2c1C.Cc1cc2c(-c3ccccc3)ccc(C)c2[cH-]1.[CH3-].[CH3-].[Si]=[Zr]. The van der Waals surface area contributed by atoms with Crippen molar-refractivity contribution in [2.45, 2.75) is 61.3 Å². The van der Waals surface area contributed by atoms with Gasteiger partial charge in [-0.1, -0.05) is 93.3 Å². The fraction of sp³-hybridized carbons (Fsp3) is 0.257. The van der Waals surface area contributed by atoms with Crippen LogP contribution in [-0.2, 0) is 23.3 Å². The Morgan fingerprint density at radius 3 is 1.84 bits per heavy atom. The molecule has 0 N–H and O–H groups in total. The van der Waals surface area contributed by atoms with Crippen LogP contribution >= 0.6 is 0 Å². The van der Waals surface area contributed by atoms with E-state index in [1.807, 2.05) is 0 Å². The van der Waals surface area contributed by atoms with Gasteiger partial charge in [-0.3, -0.25) is 0 Å². The topological polar surface area (TPSA) is 0 Å². The molecule has 0 aliphatic rings. The summed E-state index contributed by atoms with van der Waals surface area (Å²) in [7, 11) is 0. The van der Waals surface area contributed by atoms with E-state index in [-0.39, 0.29) is 14.9 Å². The molecule has 194 valence electrons. The minimum absolute atomic E-state index is 0. The van der Waals surface area contributed by atoms with Crippen LogP contribution in [-0.4, -0.2) is 6.88 Å². The molecule has 0 heterocycles. The van der Waals surface area contributed by atoms with Gasteiger partial charge in [-0.2, -0.15) is 12.1 Å². The van der Waals surface area contributed by atoms with Gasteiger partial charge in [-0.15, -0.1) is 62.0 Å². The Hall–Kier alpha value is -2.02. The molecule has 0 bridgehead atoms. The van der Waals surface area contributed by atoms with E-state index < -0.39 is 0 Å². The minimum atomic E-state index is 0. The van der Waals surface area contributed by atoms with Gasteiger partial charge in [-0.05, 0) is 32.3 Å². The molecule has 0 unspecified atom stereocenters. The molecule has 0 nitrogen and oxygen atoms in total. The van der Waals surface area contributed by atoms with Gasteiger partial charge in [0.05, 0.1) is 0 Å². The Labute approximate surface area is 243 Å². The van der Waals surface area contributed by atoms with Crippen LogP contribution in [0.4, 0.5) is 0 Å². The fourth-order valence-electron chi connectivity index (χ4n) is 4.91. The van der Waals surface area contributed by atoms with Crippen LogP contribution in [0.1, 0.15) is 58.7 Å². The second-order valence-electron chi connectivity index (χ2n) is 9.93. The normalized spacial score (nSPS) is 10.2. The van der Waals surface area contributed by atoms with Crippen molar-refractivity contribution in [1.29, 1.82) is 0 Å². The molecule has 5 aromatic carbocycles. The number of rotatable bonds is 2. The maximum absolute atomic E-state index is 3.06. The van der Waals surface area contributed by atoms with Gasteiger partial charge in [0.25, 0.3) is 0 Å². The third-order valence-corrected chi connectivity index (χ3v) is 7.41. The predicted octanol–water partition coefficient (Wildman–Crippen LogP) is 10.3. The fourth-order valence-corrected chi connectivity index (χ4v) is 4.91. The van der Waals surface area contributed by atoms with Crippen LogP contribution in [0.5, 0.6) is 0 Å². The summed E-state index contributed by atoms with van der Waals surface area (Å²) in [5, 5.41) is 5.64. The molecule has 0 amide bonds. The molecular weight excluding hydrogens is 540 g/mol. The molecule has 5 aromatic rings. The number of benzene rings is 3. The third-order valence-electron chi connectivity index (χ3n) is 7.41. The Balaban J connectivity index is 0.000000331. The van der Waals surface area contributed by atoms with Crippen LogP contribution in [0.15, 0.2) is 66.7 Å². The van der Waals surface area contributed by atoms with Crippen LogP contribution < -0.4 is 0 Å². The van der Waals surface area contributed by atoms with E-state index in [1.54, 1.807) is 0 Å². The first kappa shape index (κ1) is 33.0. The van der Waals surface area contributed by atoms with Gasteiger partial charge < -0.3 is 14.9 Å². The van der Waals surface area contributed by atoms with Gasteiger partial charge >= 0.3 is 30.2 Å². The van der Waals surface area contributed by atoms with Gasteiger partial charge in [0, 0.05) is 0 Å². The van der Waals surface area contributed by atoms with Crippen molar-refractivity contribution in [3.05, 3.63) is 121 Å². The Kier molecular flexibility index (Phi) is 12.7. The summed E-state index contributed by atoms with van der Waals surface area (Å²) in [5.74, 6) is 0.617. The first-order chi connectivity index (χ1) is 16.7. The van der Waals surface area contributed by atoms with Gasteiger partial charge in [0.15, 0.2) is 0 Å². The molecule has 2 radical (unpaired) electrons. The van der Waals surface area contributed by atoms with Crippen molar-refractivity contribution in [1.82, 2.24) is 0 Å². The molecule has 0 aliphatic heterocycles. The molecule has 0 saturated carbocycles. The number of hydrogen-bond acceptors (Lipinski definition) is 0. The zero-order chi connectivity index (χ0) is 25.9. The monoisotopic (exact) mass is 580 g/mol. The number of hydrogen-bond donors (Lipinski definition) is 0. The Morgan fingerprint density at radius 1 is 0.649 bits per heavy atom. The van der Waals surface area contributed by atoms with Crippen molar-refractivity contribution in [3.8, 4) is 11.1 Å². The summed E-state index contributed by atoms with van der Waals surface area (Å²) < 4.78 is 0. The molecule has 0 spiro atoms. The summed E-state index contributed by atoms with van der Waals surface area (Å²) in [6.45, 7) is 20.9. The summed E-state index contributed by atoms with van der Waals surface area (Å²) in [5.41, 5.74) is 12.6. The van der Waals surface area contributed by atoms with Crippen molar-refractivity contribution in [2.24, 2.45) is 0 Å². The van der Waals surface area contributed by atoms with E-state index in [1.165, 1.54) is 95.0 Å². The first-order valence-corrected chi connectivity index (χ1v) is 16.5. The molecule has 0 aliphatic carbocycles. The molecule has 0 atom stereocenters. The second kappa shape index (κ2) is 14.2. The Morgan fingerprint density at radius 2 is 1.24 bits per heavy atom. The van der Waals surface area contributed by atoms with Crippen LogP contribution in [0, 0.1) is 56.4 Å². The molecular formula is C35H42SiZr-4. The summed E-state index contributed by atoms with van der Waals surface area (Å²) in [4.78, 5) is 0. The average molecular weight is 582 g/mol. The summed E-state index contributed by atoms with van der Waals surface area (Å²) >= 11 is 1.36. The van der Waals surface area contributed by atoms with Gasteiger partial charge in [-0.25, -0.2) is 0 Å². The number of aryl methyl sites for hydroxylation is 4. The maximum atomic E-state index is 3.06. The van der Waals surface area contributed by atoms with E-state index in [9.17, 15) is 0 Å². The Bertz CT molecular complexity index is 1400. The first-order valence-electron chi connectivity index (χ1n) is 12.3. The van der Waals surface area contributed by atoms with Gasteiger partial charge in [0.1, 0.15) is 0 Å². The van der Waals surface area contributed by atoms with Crippen LogP contribution in [0.25, 0.3) is 32.7 Å². The average Bonchev–Trinajstić information content (AvgIpc) is 3.49. The zero-order valence-corrected chi connectivity index (χ0v) is 27.9. The van der Waals surface area contributed by atoms with Crippen molar-refractivity contribution in [3.63, 3.8) is 0 Å². The number of fused-ring (bicyclic) bond motifs is 2. The van der Waals surface area contributed by atoms with E-state index in [2.05, 4.69) is 129 Å². The molecule has 5 rings (SSSR count). The standard InChI is InChI=1S/C17H15.C16H21.2CH3.Si.Zr/c1-12-10-16-13(2)8-9-15(17(16)11-12)14-6-4-3-5-7-14;1-9(2)14-7-15-12(5)10(3)11(4)13(6)16(15)8-14;;;;/h3-11H,1-2H3;7-9H,1-6H3;2*1H3;;/q4*-1;;. The van der Waals surface area contributed by atoms with Crippen molar-refractivity contribution >= 4 is 28.4 Å². The third kappa shape index (κ3) is 6.90. The molecule has 0 aromatic heterocycles. The van der Waals surface area contributed by atoms with E-state index >= 15 is 0 Å². The second-order valence-corrected chi connectivity index (χ2v) is 9.93. The van der Waals surface area contributed by atoms with Crippen molar-refractivity contribution in [2.75, 3.05) is 0 Å². The van der Waals surface area contributed by atoms with E-state index in [0.29, 0.717) is 5.92 Å². The molecule has 0 fully saturated rings. The summed E-state index contributed by atoms with van der Waals surface area (Å²) in [6, 6.07) is 24.3. The van der Waals surface area contributed by atoms with Crippen LogP contribution in [0.3, 0.4) is 0 Å². The van der Waals surface area contributed by atoms with Crippen molar-refractivity contribution < 1.29 is 23.3 Å². The molecule has 2 heteroatoms. The zero-order valence-electron chi connectivity index (χ0n) is 24.4. The predicted molar refractivity (Wildman–Crippen MR) is 166 cm³/mol. The van der Waals surface area contributed by atoms with Gasteiger partial charge in [0.2, 0.25) is 0 Å². The molecule has 37 heavy (non-hydrogen) atoms. The molecule has 0 saturated heterocycles. The summed E-state index contributed by atoms with van der Waals surface area (Å²) in [6.07, 6.45) is 0. The van der Waals surface area contributed by atoms with Crippen LogP contribution in [0.2, 0.25) is 0 Å². The van der Waals surface area contributed by atoms with E-state index in [4.69, 9.17) is 0 Å². The van der Waals surface area contributed by atoms with E-state index in [0.717, 1.165) is 0 Å². The quantitative estimate of drug-likeness (QED) is 0.144.